The summed E-state index contributed by atoms with van der Waals surface area (Å²) in [5.74, 6) is 0.00795. The number of para-hydroxylation sites is 2. The minimum absolute atomic E-state index is 0.00795. The van der Waals surface area contributed by atoms with Crippen LogP contribution in [-0.4, -0.2) is 26.5 Å². The lowest BCUT2D eigenvalue weighted by atomic mass is 10.0. The number of carbonyl (C=O) groups excluding carboxylic acids is 1. The summed E-state index contributed by atoms with van der Waals surface area (Å²) >= 11 is 0. The molecule has 1 atom stereocenters. The van der Waals surface area contributed by atoms with Gasteiger partial charge in [-0.1, -0.05) is 31.2 Å². The Hall–Kier alpha value is -3.33. The molecule has 0 saturated carbocycles. The predicted octanol–water partition coefficient (Wildman–Crippen LogP) is 4.08. The number of imidazole rings is 1. The Kier molecular flexibility index (Phi) is 6.73. The normalized spacial score (nSPS) is 11.9. The quantitative estimate of drug-likeness (QED) is 0.568. The Morgan fingerprint density at radius 1 is 1.03 bits per heavy atom. The molecule has 3 rings (SSSR count). The number of fused-ring (bicyclic) bond motifs is 1. The molecule has 0 bridgehead atoms. The predicted molar refractivity (Wildman–Crippen MR) is 118 cm³/mol. The van der Waals surface area contributed by atoms with Gasteiger partial charge in [-0.25, -0.2) is 4.79 Å². The minimum atomic E-state index is -0.103. The van der Waals surface area contributed by atoms with E-state index in [0.29, 0.717) is 25.2 Å². The third kappa shape index (κ3) is 4.16. The Morgan fingerprint density at radius 3 is 2.17 bits per heavy atom. The van der Waals surface area contributed by atoms with E-state index in [1.165, 1.54) is 0 Å². The highest BCUT2D eigenvalue weighted by Gasteiger charge is 2.21. The van der Waals surface area contributed by atoms with E-state index in [-0.39, 0.29) is 24.1 Å². The monoisotopic (exact) mass is 404 g/mol. The zero-order valence-corrected chi connectivity index (χ0v) is 17.8. The maximum atomic E-state index is 13.0. The lowest BCUT2D eigenvalue weighted by molar-refractivity contribution is -0.133. The molecular weight excluding hydrogens is 376 g/mol. The Balaban J connectivity index is 1.79. The molecule has 30 heavy (non-hydrogen) atoms. The standard InChI is InChI=1S/C24H28N4O2/c1-4-15-27-21-8-6-7-9-22(21)28(24(27)30)16-14-23(29)26(5-2)18(3)20-12-10-19(17-25)11-13-20/h6-13,18H,4-5,14-16H2,1-3H3. The summed E-state index contributed by atoms with van der Waals surface area (Å²) in [4.78, 5) is 27.8. The fraction of sp³-hybridized carbons (Fsp3) is 0.375. The zero-order chi connectivity index (χ0) is 21.7. The van der Waals surface area contributed by atoms with Crippen LogP contribution < -0.4 is 5.69 Å². The van der Waals surface area contributed by atoms with E-state index in [1.54, 1.807) is 21.3 Å². The van der Waals surface area contributed by atoms with Gasteiger partial charge in [0.25, 0.3) is 0 Å². The van der Waals surface area contributed by atoms with Gasteiger partial charge in [0.05, 0.1) is 28.7 Å². The highest BCUT2D eigenvalue weighted by Crippen LogP contribution is 2.22. The van der Waals surface area contributed by atoms with Crippen LogP contribution in [0, 0.1) is 11.3 Å². The third-order valence-corrected chi connectivity index (χ3v) is 5.57. The van der Waals surface area contributed by atoms with Crippen molar-refractivity contribution in [3.63, 3.8) is 0 Å². The number of aryl methyl sites for hydroxylation is 2. The molecule has 0 aliphatic heterocycles. The number of nitriles is 1. The van der Waals surface area contributed by atoms with Gasteiger partial charge in [0.1, 0.15) is 0 Å². The van der Waals surface area contributed by atoms with Crippen LogP contribution in [0.15, 0.2) is 53.3 Å². The molecule has 0 radical (unpaired) electrons. The Morgan fingerprint density at radius 2 is 1.63 bits per heavy atom. The maximum Gasteiger partial charge on any atom is 0.329 e. The van der Waals surface area contributed by atoms with E-state index in [9.17, 15) is 9.59 Å². The second kappa shape index (κ2) is 9.45. The SMILES string of the molecule is CCCn1c(=O)n(CCC(=O)N(CC)C(C)c2ccc(C#N)cc2)c2ccccc21. The van der Waals surface area contributed by atoms with Crippen LogP contribution in [0.4, 0.5) is 0 Å². The van der Waals surface area contributed by atoms with E-state index in [2.05, 4.69) is 6.07 Å². The second-order valence-electron chi connectivity index (χ2n) is 7.41. The molecule has 0 aliphatic rings. The van der Waals surface area contributed by atoms with Crippen LogP contribution in [0.25, 0.3) is 11.0 Å². The van der Waals surface area contributed by atoms with Crippen molar-refractivity contribution in [2.75, 3.05) is 6.54 Å². The first-order chi connectivity index (χ1) is 14.5. The van der Waals surface area contributed by atoms with Crippen LogP contribution in [0.1, 0.15) is 50.8 Å². The number of aromatic nitrogens is 2. The molecule has 0 saturated heterocycles. The minimum Gasteiger partial charge on any atom is -0.336 e. The van der Waals surface area contributed by atoms with Crippen LogP contribution in [0.3, 0.4) is 0 Å². The van der Waals surface area contributed by atoms with Crippen LogP contribution >= 0.6 is 0 Å². The lowest BCUT2D eigenvalue weighted by Gasteiger charge is -2.28. The molecule has 6 heteroatoms. The van der Waals surface area contributed by atoms with Crippen LogP contribution in [0.5, 0.6) is 0 Å². The first-order valence-electron chi connectivity index (χ1n) is 10.5. The van der Waals surface area contributed by atoms with Crippen molar-refractivity contribution in [3.05, 3.63) is 70.1 Å². The maximum absolute atomic E-state index is 13.0. The number of benzene rings is 2. The van der Waals surface area contributed by atoms with Crippen molar-refractivity contribution in [1.29, 1.82) is 5.26 Å². The van der Waals surface area contributed by atoms with Crippen molar-refractivity contribution in [2.45, 2.75) is 52.7 Å². The number of carbonyl (C=O) groups is 1. The number of hydrogen-bond donors (Lipinski definition) is 0. The summed E-state index contributed by atoms with van der Waals surface area (Å²) in [7, 11) is 0. The molecule has 1 unspecified atom stereocenters. The van der Waals surface area contributed by atoms with Crippen molar-refractivity contribution < 1.29 is 4.79 Å². The molecule has 0 N–H and O–H groups in total. The number of rotatable bonds is 8. The van der Waals surface area contributed by atoms with Crippen molar-refractivity contribution in [1.82, 2.24) is 14.0 Å². The molecule has 6 nitrogen and oxygen atoms in total. The summed E-state index contributed by atoms with van der Waals surface area (Å²) in [6.07, 6.45) is 1.13. The average molecular weight is 405 g/mol. The number of amides is 1. The topological polar surface area (TPSA) is 71.0 Å². The highest BCUT2D eigenvalue weighted by atomic mass is 16.2. The summed E-state index contributed by atoms with van der Waals surface area (Å²) in [5, 5.41) is 8.98. The van der Waals surface area contributed by atoms with Gasteiger partial charge in [0.2, 0.25) is 5.91 Å². The Labute approximate surface area is 177 Å². The first kappa shape index (κ1) is 21.4. The zero-order valence-electron chi connectivity index (χ0n) is 17.8. The van der Waals surface area contributed by atoms with Crippen molar-refractivity contribution in [2.24, 2.45) is 0 Å². The number of hydrogen-bond acceptors (Lipinski definition) is 3. The van der Waals surface area contributed by atoms with Gasteiger partial charge < -0.3 is 4.90 Å². The largest absolute Gasteiger partial charge is 0.336 e. The van der Waals surface area contributed by atoms with E-state index < -0.39 is 0 Å². The summed E-state index contributed by atoms with van der Waals surface area (Å²) in [6, 6.07) is 17.1. The van der Waals surface area contributed by atoms with Gasteiger partial charge in [0, 0.05) is 26.1 Å². The third-order valence-electron chi connectivity index (χ3n) is 5.57. The lowest BCUT2D eigenvalue weighted by Crippen LogP contribution is -2.35. The smallest absolute Gasteiger partial charge is 0.329 e. The first-order valence-corrected chi connectivity index (χ1v) is 10.5. The summed E-state index contributed by atoms with van der Waals surface area (Å²) in [5.41, 5.74) is 3.31. The molecule has 2 aromatic carbocycles. The van der Waals surface area contributed by atoms with Gasteiger partial charge in [0.15, 0.2) is 0 Å². The fourth-order valence-corrected chi connectivity index (χ4v) is 3.96. The van der Waals surface area contributed by atoms with Gasteiger partial charge in [-0.2, -0.15) is 5.26 Å². The fourth-order valence-electron chi connectivity index (χ4n) is 3.96. The Bertz CT molecular complexity index is 1120. The highest BCUT2D eigenvalue weighted by molar-refractivity contribution is 5.78. The van der Waals surface area contributed by atoms with Gasteiger partial charge >= 0.3 is 5.69 Å². The molecule has 1 aromatic heterocycles. The van der Waals surface area contributed by atoms with Crippen LogP contribution in [0.2, 0.25) is 0 Å². The van der Waals surface area contributed by atoms with Gasteiger partial charge in [-0.05, 0) is 50.1 Å². The molecule has 1 heterocycles. The van der Waals surface area contributed by atoms with E-state index in [0.717, 1.165) is 23.0 Å². The van der Waals surface area contributed by atoms with Crippen molar-refractivity contribution >= 4 is 16.9 Å². The van der Waals surface area contributed by atoms with Gasteiger partial charge in [-0.3, -0.25) is 13.9 Å². The van der Waals surface area contributed by atoms with E-state index in [1.807, 2.05) is 62.1 Å². The molecular formula is C24H28N4O2. The average Bonchev–Trinajstić information content (AvgIpc) is 3.04. The van der Waals surface area contributed by atoms with Crippen molar-refractivity contribution in [3.8, 4) is 6.07 Å². The van der Waals surface area contributed by atoms with Crippen LogP contribution in [-0.2, 0) is 17.9 Å². The van der Waals surface area contributed by atoms with E-state index in [4.69, 9.17) is 5.26 Å². The molecule has 3 aromatic rings. The second-order valence-corrected chi connectivity index (χ2v) is 7.41. The molecule has 1 amide bonds. The summed E-state index contributed by atoms with van der Waals surface area (Å²) < 4.78 is 3.50. The molecule has 0 fully saturated rings. The molecule has 156 valence electrons. The summed E-state index contributed by atoms with van der Waals surface area (Å²) in [6.45, 7) is 7.58. The molecule has 0 aliphatic carbocycles. The van der Waals surface area contributed by atoms with Gasteiger partial charge in [-0.15, -0.1) is 0 Å². The number of nitrogens with zero attached hydrogens (tertiary/aromatic N) is 4. The van der Waals surface area contributed by atoms with E-state index >= 15 is 0 Å². The molecule has 0 spiro atoms.